The van der Waals surface area contributed by atoms with Crippen molar-refractivity contribution in [3.8, 4) is 22.9 Å². The minimum Gasteiger partial charge on any atom is -0.468 e. The van der Waals surface area contributed by atoms with Crippen molar-refractivity contribution in [3.63, 3.8) is 0 Å². The van der Waals surface area contributed by atoms with Gasteiger partial charge in [-0.15, -0.1) is 0 Å². The summed E-state index contributed by atoms with van der Waals surface area (Å²) in [4.78, 5) is 46.8. The molecule has 0 bridgehead atoms. The number of benzene rings is 2. The number of anilines is 1. The van der Waals surface area contributed by atoms with Crippen molar-refractivity contribution in [2.45, 2.75) is 32.2 Å². The number of pyridine rings is 1. The molecule has 0 unspecified atom stereocenters. The topological polar surface area (TPSA) is 126 Å². The average molecular weight is 618 g/mol. The predicted octanol–water partition coefficient (Wildman–Crippen LogP) is 5.47. The number of amides is 2. The number of likely N-dealkylation sites (tertiary alicyclic amines) is 1. The number of aryl methyl sites for hydroxylation is 1. The summed E-state index contributed by atoms with van der Waals surface area (Å²) in [6, 6.07) is 12.5. The van der Waals surface area contributed by atoms with Gasteiger partial charge in [-0.25, -0.2) is 8.78 Å². The summed E-state index contributed by atoms with van der Waals surface area (Å²) in [5, 5.41) is 5.39. The Labute approximate surface area is 258 Å². The molecule has 0 radical (unpaired) electrons. The van der Waals surface area contributed by atoms with Gasteiger partial charge >= 0.3 is 5.97 Å². The number of halogens is 2. The Balaban J connectivity index is 1.19. The highest BCUT2D eigenvalue weighted by Crippen LogP contribution is 2.29. The van der Waals surface area contributed by atoms with E-state index in [1.54, 1.807) is 31.3 Å². The summed E-state index contributed by atoms with van der Waals surface area (Å²) in [6.45, 7) is 3.71. The lowest BCUT2D eigenvalue weighted by Crippen LogP contribution is -2.38. The fraction of sp³-hybridized carbons (Fsp3) is 0.273. The molecule has 45 heavy (non-hydrogen) atoms. The molecule has 2 amide bonds. The van der Waals surface area contributed by atoms with Crippen LogP contribution in [-0.2, 0) is 9.53 Å². The zero-order valence-corrected chi connectivity index (χ0v) is 24.9. The Morgan fingerprint density at radius 3 is 2.67 bits per heavy atom. The van der Waals surface area contributed by atoms with Crippen LogP contribution in [0.5, 0.6) is 11.5 Å². The maximum Gasteiger partial charge on any atom is 0.323 e. The summed E-state index contributed by atoms with van der Waals surface area (Å²) in [6.07, 6.45) is 5.43. The Morgan fingerprint density at radius 2 is 1.84 bits per heavy atom. The first-order valence-electron chi connectivity index (χ1n) is 14.5. The van der Waals surface area contributed by atoms with Crippen LogP contribution in [0, 0.1) is 18.6 Å². The van der Waals surface area contributed by atoms with E-state index in [0.717, 1.165) is 31.0 Å². The number of aromatic nitrogens is 2. The van der Waals surface area contributed by atoms with Gasteiger partial charge in [0.25, 0.3) is 11.8 Å². The first kappa shape index (κ1) is 31.3. The number of esters is 1. The third kappa shape index (κ3) is 7.71. The molecular weight excluding hydrogens is 584 g/mol. The fourth-order valence-corrected chi connectivity index (χ4v) is 5.16. The molecule has 1 fully saturated rings. The largest absolute Gasteiger partial charge is 0.468 e. The highest BCUT2D eigenvalue weighted by Gasteiger charge is 2.30. The van der Waals surface area contributed by atoms with Gasteiger partial charge in [0, 0.05) is 37.1 Å². The second kappa shape index (κ2) is 14.1. The molecule has 0 saturated carbocycles. The predicted molar refractivity (Wildman–Crippen MR) is 163 cm³/mol. The van der Waals surface area contributed by atoms with Gasteiger partial charge in [-0.1, -0.05) is 6.07 Å². The number of hydrogen-bond donors (Lipinski definition) is 3. The van der Waals surface area contributed by atoms with Crippen LogP contribution in [0.25, 0.3) is 11.4 Å². The number of nitrogens with one attached hydrogen (secondary N) is 3. The number of carbonyl (C=O) groups excluding carboxylic acids is 3. The van der Waals surface area contributed by atoms with E-state index >= 15 is 0 Å². The standard InChI is InChI=1S/C33H33F2N5O5/c1-20-6-8-24(34)26(15-20)39-32(42)21-7-9-25(35)30(17-21)45-23-10-12-36-28(18-23)27-16-22(19-38-27)31(41)37-11-4-14-40-13-3-5-29(40)33(43)44-2/h6-10,12,15-19,29,38H,3-5,11,13-14H2,1-2H3,(H,37,41)(H,39,42)/t29-/m0/s1. The molecule has 12 heteroatoms. The van der Waals surface area contributed by atoms with Gasteiger partial charge < -0.3 is 25.1 Å². The number of rotatable bonds is 11. The van der Waals surface area contributed by atoms with E-state index in [2.05, 4.69) is 25.5 Å². The van der Waals surface area contributed by atoms with Gasteiger partial charge in [0.05, 0.1) is 29.7 Å². The lowest BCUT2D eigenvalue weighted by molar-refractivity contribution is -0.145. The van der Waals surface area contributed by atoms with Crippen molar-refractivity contribution in [3.05, 3.63) is 95.3 Å². The van der Waals surface area contributed by atoms with E-state index in [1.807, 2.05) is 0 Å². The molecular formula is C33H33F2N5O5. The van der Waals surface area contributed by atoms with Crippen LogP contribution in [0.4, 0.5) is 14.5 Å². The van der Waals surface area contributed by atoms with Crippen molar-refractivity contribution in [2.24, 2.45) is 0 Å². The number of H-pyrrole nitrogens is 1. The minimum atomic E-state index is -0.698. The highest BCUT2D eigenvalue weighted by molar-refractivity contribution is 6.04. The van der Waals surface area contributed by atoms with E-state index in [0.29, 0.717) is 36.5 Å². The zero-order valence-electron chi connectivity index (χ0n) is 24.9. The monoisotopic (exact) mass is 617 g/mol. The molecule has 2 aromatic heterocycles. The third-order valence-electron chi connectivity index (χ3n) is 7.49. The first-order chi connectivity index (χ1) is 21.7. The quantitative estimate of drug-likeness (QED) is 0.151. The van der Waals surface area contributed by atoms with Crippen LogP contribution in [0.1, 0.15) is 45.5 Å². The van der Waals surface area contributed by atoms with Crippen LogP contribution < -0.4 is 15.4 Å². The van der Waals surface area contributed by atoms with Gasteiger partial charge in [0.2, 0.25) is 0 Å². The minimum absolute atomic E-state index is 0.0143. The molecule has 5 rings (SSSR count). The Bertz CT molecular complexity index is 1710. The molecule has 10 nitrogen and oxygen atoms in total. The molecule has 1 aliphatic rings. The number of nitrogens with zero attached hydrogens (tertiary/aromatic N) is 2. The molecule has 234 valence electrons. The highest BCUT2D eigenvalue weighted by atomic mass is 19.1. The number of ether oxygens (including phenoxy) is 2. The smallest absolute Gasteiger partial charge is 0.323 e. The lowest BCUT2D eigenvalue weighted by Gasteiger charge is -2.22. The van der Waals surface area contributed by atoms with Crippen LogP contribution >= 0.6 is 0 Å². The second-order valence-electron chi connectivity index (χ2n) is 10.7. The second-order valence-corrected chi connectivity index (χ2v) is 10.7. The third-order valence-corrected chi connectivity index (χ3v) is 7.49. The summed E-state index contributed by atoms with van der Waals surface area (Å²) in [5.74, 6) is -2.36. The first-order valence-corrected chi connectivity index (χ1v) is 14.5. The molecule has 1 atom stereocenters. The van der Waals surface area contributed by atoms with E-state index in [-0.39, 0.29) is 40.7 Å². The Hall–Kier alpha value is -5.10. The molecule has 4 aromatic rings. The summed E-state index contributed by atoms with van der Waals surface area (Å²) < 4.78 is 39.4. The molecule has 0 spiro atoms. The average Bonchev–Trinajstić information content (AvgIpc) is 3.72. The molecule has 1 aliphatic heterocycles. The maximum atomic E-state index is 14.7. The number of carbonyl (C=O) groups is 3. The van der Waals surface area contributed by atoms with Crippen molar-refractivity contribution >= 4 is 23.5 Å². The van der Waals surface area contributed by atoms with Gasteiger partial charge in [0.15, 0.2) is 11.6 Å². The van der Waals surface area contributed by atoms with E-state index in [9.17, 15) is 23.2 Å². The fourth-order valence-electron chi connectivity index (χ4n) is 5.16. The Kier molecular flexibility index (Phi) is 9.83. The van der Waals surface area contributed by atoms with Crippen molar-refractivity contribution in [1.82, 2.24) is 20.2 Å². The van der Waals surface area contributed by atoms with Gasteiger partial charge in [-0.05, 0) is 80.8 Å². The summed E-state index contributed by atoms with van der Waals surface area (Å²) in [7, 11) is 1.39. The number of aromatic amines is 1. The van der Waals surface area contributed by atoms with Crippen molar-refractivity contribution < 1.29 is 32.6 Å². The van der Waals surface area contributed by atoms with Crippen molar-refractivity contribution in [1.29, 1.82) is 0 Å². The van der Waals surface area contributed by atoms with Crippen LogP contribution in [0.3, 0.4) is 0 Å². The molecule has 3 N–H and O–H groups in total. The maximum absolute atomic E-state index is 14.7. The molecule has 0 aliphatic carbocycles. The zero-order chi connectivity index (χ0) is 31.9. The van der Waals surface area contributed by atoms with Gasteiger partial charge in [-0.2, -0.15) is 0 Å². The Morgan fingerprint density at radius 1 is 1.02 bits per heavy atom. The van der Waals surface area contributed by atoms with E-state index in [1.165, 1.54) is 43.6 Å². The SMILES string of the molecule is COC(=O)[C@@H]1CCCN1CCCNC(=O)c1c[nH]c(-c2cc(Oc3cc(C(=O)Nc4cc(C)ccc4F)ccc3F)ccn2)c1. The van der Waals surface area contributed by atoms with Crippen LogP contribution in [0.15, 0.2) is 67.0 Å². The van der Waals surface area contributed by atoms with Crippen LogP contribution in [0.2, 0.25) is 0 Å². The van der Waals surface area contributed by atoms with Gasteiger partial charge in [-0.3, -0.25) is 24.3 Å². The molecule has 2 aromatic carbocycles. The molecule has 1 saturated heterocycles. The van der Waals surface area contributed by atoms with Crippen LogP contribution in [-0.4, -0.2) is 65.4 Å². The summed E-state index contributed by atoms with van der Waals surface area (Å²) >= 11 is 0. The van der Waals surface area contributed by atoms with E-state index < -0.39 is 17.5 Å². The molecule has 3 heterocycles. The van der Waals surface area contributed by atoms with E-state index in [4.69, 9.17) is 9.47 Å². The number of hydrogen-bond acceptors (Lipinski definition) is 7. The van der Waals surface area contributed by atoms with Crippen molar-refractivity contribution in [2.75, 3.05) is 32.1 Å². The lowest BCUT2D eigenvalue weighted by atomic mass is 10.1. The normalized spacial score (nSPS) is 14.6. The van der Waals surface area contributed by atoms with Gasteiger partial charge in [0.1, 0.15) is 17.6 Å². The number of methoxy groups -OCH3 is 1. The summed E-state index contributed by atoms with van der Waals surface area (Å²) in [5.41, 5.74) is 2.24.